The molecule has 0 saturated carbocycles. The summed E-state index contributed by atoms with van der Waals surface area (Å²) in [6.07, 6.45) is -4.41. The Balaban J connectivity index is 2.56. The van der Waals surface area contributed by atoms with Gasteiger partial charge in [-0.05, 0) is 6.42 Å². The monoisotopic (exact) mass is 211 g/mol. The molecule has 0 bridgehead atoms. The van der Waals surface area contributed by atoms with Gasteiger partial charge >= 0.3 is 12.1 Å². The number of carbonyl (C=O) groups is 1. The summed E-state index contributed by atoms with van der Waals surface area (Å²) in [5.74, 6) is -2.70. The number of ether oxygens (including phenoxy) is 1. The van der Waals surface area contributed by atoms with Crippen molar-refractivity contribution in [1.82, 2.24) is 5.32 Å². The first-order valence-corrected chi connectivity index (χ1v) is 4.30. The lowest BCUT2D eigenvalue weighted by Gasteiger charge is -2.29. The van der Waals surface area contributed by atoms with E-state index in [0.717, 1.165) is 0 Å². The first-order valence-electron chi connectivity index (χ1n) is 4.30. The summed E-state index contributed by atoms with van der Waals surface area (Å²) in [7, 11) is 1.18. The van der Waals surface area contributed by atoms with Gasteiger partial charge in [0, 0.05) is 13.1 Å². The topological polar surface area (TPSA) is 38.3 Å². The van der Waals surface area contributed by atoms with Crippen LogP contribution < -0.4 is 5.32 Å². The Morgan fingerprint density at radius 2 is 2.07 bits per heavy atom. The van der Waals surface area contributed by atoms with Gasteiger partial charge in [-0.1, -0.05) is 0 Å². The van der Waals surface area contributed by atoms with Crippen molar-refractivity contribution in [2.75, 3.05) is 20.2 Å². The van der Waals surface area contributed by atoms with Gasteiger partial charge in [0.15, 0.2) is 0 Å². The molecule has 0 amide bonds. The molecular formula is C8H12F3NO2. The fraction of sp³-hybridized carbons (Fsp3) is 0.875. The van der Waals surface area contributed by atoms with Crippen molar-refractivity contribution in [1.29, 1.82) is 0 Å². The highest BCUT2D eigenvalue weighted by molar-refractivity contribution is 5.72. The summed E-state index contributed by atoms with van der Waals surface area (Å²) in [5, 5.41) is 2.59. The smallest absolute Gasteiger partial charge is 0.393 e. The highest BCUT2D eigenvalue weighted by Crippen LogP contribution is 2.32. The van der Waals surface area contributed by atoms with Crippen molar-refractivity contribution in [3.8, 4) is 0 Å². The van der Waals surface area contributed by atoms with E-state index < -0.39 is 24.0 Å². The number of carbonyl (C=O) groups excluding carboxylic acids is 1. The minimum atomic E-state index is -4.24. The molecule has 14 heavy (non-hydrogen) atoms. The third-order valence-corrected chi connectivity index (χ3v) is 2.35. The average Bonchev–Trinajstić information content (AvgIpc) is 2.15. The molecule has 6 heteroatoms. The van der Waals surface area contributed by atoms with Gasteiger partial charge < -0.3 is 10.1 Å². The number of halogens is 3. The molecule has 0 radical (unpaired) electrons. The molecule has 1 rings (SSSR count). The van der Waals surface area contributed by atoms with E-state index in [1.165, 1.54) is 7.11 Å². The van der Waals surface area contributed by atoms with Crippen molar-refractivity contribution in [3.05, 3.63) is 0 Å². The van der Waals surface area contributed by atoms with Crippen molar-refractivity contribution < 1.29 is 22.7 Å². The molecule has 1 aliphatic rings. The second-order valence-corrected chi connectivity index (χ2v) is 3.35. The largest absolute Gasteiger partial charge is 0.469 e. The number of methoxy groups -OCH3 is 1. The van der Waals surface area contributed by atoms with Gasteiger partial charge in [-0.25, -0.2) is 0 Å². The second kappa shape index (κ2) is 4.16. The molecule has 1 aliphatic heterocycles. The summed E-state index contributed by atoms with van der Waals surface area (Å²) in [4.78, 5) is 11.0. The standard InChI is InChI=1S/C8H12F3NO2/c1-14-7(13)5-2-6(4-12-3-5)8(9,10)11/h5-6,12H,2-4H2,1H3/t5-,6-/m0/s1. The normalized spacial score (nSPS) is 28.6. The lowest BCUT2D eigenvalue weighted by atomic mass is 9.90. The van der Waals surface area contributed by atoms with E-state index in [9.17, 15) is 18.0 Å². The Morgan fingerprint density at radius 3 is 2.57 bits per heavy atom. The number of piperidine rings is 1. The van der Waals surface area contributed by atoms with E-state index >= 15 is 0 Å². The van der Waals surface area contributed by atoms with Crippen LogP contribution in [0, 0.1) is 11.8 Å². The van der Waals surface area contributed by atoms with Crippen molar-refractivity contribution in [3.63, 3.8) is 0 Å². The summed E-state index contributed by atoms with van der Waals surface area (Å²) in [5.41, 5.74) is 0. The fourth-order valence-corrected chi connectivity index (χ4v) is 1.54. The zero-order valence-electron chi connectivity index (χ0n) is 7.73. The van der Waals surface area contributed by atoms with E-state index in [2.05, 4.69) is 10.1 Å². The molecule has 0 aromatic heterocycles. The Hall–Kier alpha value is -0.780. The van der Waals surface area contributed by atoms with E-state index in [1.54, 1.807) is 0 Å². The Labute approximate surface area is 79.6 Å². The van der Waals surface area contributed by atoms with Crippen LogP contribution >= 0.6 is 0 Å². The second-order valence-electron chi connectivity index (χ2n) is 3.35. The average molecular weight is 211 g/mol. The van der Waals surface area contributed by atoms with Crippen LogP contribution in [-0.4, -0.2) is 32.3 Å². The van der Waals surface area contributed by atoms with Gasteiger partial charge in [0.2, 0.25) is 0 Å². The predicted molar refractivity (Wildman–Crippen MR) is 42.5 cm³/mol. The summed E-state index contributed by atoms with van der Waals surface area (Å²) in [6, 6.07) is 0. The highest BCUT2D eigenvalue weighted by Gasteiger charge is 2.43. The van der Waals surface area contributed by atoms with Crippen LogP contribution in [0.1, 0.15) is 6.42 Å². The molecule has 0 aromatic carbocycles. The van der Waals surface area contributed by atoms with E-state index in [0.29, 0.717) is 0 Å². The molecule has 0 unspecified atom stereocenters. The maximum absolute atomic E-state index is 12.3. The van der Waals surface area contributed by atoms with Crippen molar-refractivity contribution in [2.45, 2.75) is 12.6 Å². The Morgan fingerprint density at radius 1 is 1.43 bits per heavy atom. The Kier molecular flexibility index (Phi) is 3.36. The summed E-state index contributed by atoms with van der Waals surface area (Å²) < 4.78 is 41.3. The van der Waals surface area contributed by atoms with Gasteiger partial charge in [0.05, 0.1) is 18.9 Å². The van der Waals surface area contributed by atoms with Crippen LogP contribution in [0.2, 0.25) is 0 Å². The zero-order valence-corrected chi connectivity index (χ0v) is 7.73. The van der Waals surface area contributed by atoms with Crippen molar-refractivity contribution >= 4 is 5.97 Å². The lowest BCUT2D eigenvalue weighted by molar-refractivity contribution is -0.184. The molecule has 3 nitrogen and oxygen atoms in total. The number of hydrogen-bond acceptors (Lipinski definition) is 3. The van der Waals surface area contributed by atoms with Crippen molar-refractivity contribution in [2.24, 2.45) is 11.8 Å². The van der Waals surface area contributed by atoms with Crippen LogP contribution in [0.3, 0.4) is 0 Å². The molecule has 0 aliphatic carbocycles. The van der Waals surface area contributed by atoms with Gasteiger partial charge in [-0.15, -0.1) is 0 Å². The Bertz CT molecular complexity index is 217. The fourth-order valence-electron chi connectivity index (χ4n) is 1.54. The molecule has 0 aromatic rings. The van der Waals surface area contributed by atoms with Crippen LogP contribution in [0.4, 0.5) is 13.2 Å². The lowest BCUT2D eigenvalue weighted by Crippen LogP contribution is -2.45. The third kappa shape index (κ3) is 2.60. The van der Waals surface area contributed by atoms with Gasteiger partial charge in [0.1, 0.15) is 0 Å². The number of nitrogens with one attached hydrogen (secondary N) is 1. The molecule has 2 atom stereocenters. The van der Waals surface area contributed by atoms with Crippen LogP contribution in [0.5, 0.6) is 0 Å². The zero-order chi connectivity index (χ0) is 10.8. The number of esters is 1. The molecule has 1 N–H and O–H groups in total. The SMILES string of the molecule is COC(=O)[C@@H]1CNC[C@@H](C(F)(F)F)C1. The van der Waals surface area contributed by atoms with Crippen LogP contribution in [-0.2, 0) is 9.53 Å². The first kappa shape index (κ1) is 11.3. The number of hydrogen-bond donors (Lipinski definition) is 1. The predicted octanol–water partition coefficient (Wildman–Crippen LogP) is 0.947. The first-order chi connectivity index (χ1) is 6.45. The molecule has 82 valence electrons. The third-order valence-electron chi connectivity index (χ3n) is 2.35. The molecular weight excluding hydrogens is 199 g/mol. The van der Waals surface area contributed by atoms with Crippen LogP contribution in [0.15, 0.2) is 0 Å². The summed E-state index contributed by atoms with van der Waals surface area (Å²) in [6.45, 7) is 0.149. The van der Waals surface area contributed by atoms with E-state index in [1.807, 2.05) is 0 Å². The van der Waals surface area contributed by atoms with Crippen LogP contribution in [0.25, 0.3) is 0 Å². The summed E-state index contributed by atoms with van der Waals surface area (Å²) >= 11 is 0. The molecule has 1 saturated heterocycles. The maximum atomic E-state index is 12.3. The van der Waals surface area contributed by atoms with Gasteiger partial charge in [-0.3, -0.25) is 4.79 Å². The maximum Gasteiger partial charge on any atom is 0.393 e. The number of alkyl halides is 3. The number of rotatable bonds is 1. The molecule has 0 spiro atoms. The van der Waals surface area contributed by atoms with E-state index in [4.69, 9.17) is 0 Å². The molecule has 1 fully saturated rings. The quantitative estimate of drug-likeness (QED) is 0.656. The molecule has 1 heterocycles. The van der Waals surface area contributed by atoms with Gasteiger partial charge in [-0.2, -0.15) is 13.2 Å². The minimum Gasteiger partial charge on any atom is -0.469 e. The van der Waals surface area contributed by atoms with E-state index in [-0.39, 0.29) is 19.5 Å². The van der Waals surface area contributed by atoms with Gasteiger partial charge in [0.25, 0.3) is 0 Å². The minimum absolute atomic E-state index is 0.114. The highest BCUT2D eigenvalue weighted by atomic mass is 19.4.